The Bertz CT molecular complexity index is 1180. The second-order valence-electron chi connectivity index (χ2n) is 11.3. The molecule has 2 aromatic heterocycles. The molecule has 11 nitrogen and oxygen atoms in total. The number of pyridine rings is 1. The van der Waals surface area contributed by atoms with Crippen molar-refractivity contribution in [3.8, 4) is 0 Å². The quantitative estimate of drug-likeness (QED) is 0.475. The van der Waals surface area contributed by atoms with Gasteiger partial charge in [0.25, 0.3) is 0 Å². The number of alkyl carbamates (subject to hydrolysis) is 1. The fourth-order valence-electron chi connectivity index (χ4n) is 4.19. The summed E-state index contributed by atoms with van der Waals surface area (Å²) in [5.74, 6) is -0.260. The lowest BCUT2D eigenvalue weighted by molar-refractivity contribution is -0.117. The van der Waals surface area contributed by atoms with Crippen molar-refractivity contribution in [3.05, 3.63) is 16.9 Å². The van der Waals surface area contributed by atoms with Crippen LogP contribution in [0.4, 0.5) is 21.0 Å². The first-order valence-electron chi connectivity index (χ1n) is 12.6. The van der Waals surface area contributed by atoms with Crippen LogP contribution >= 0.6 is 15.9 Å². The van der Waals surface area contributed by atoms with Crippen LogP contribution in [-0.2, 0) is 19.0 Å². The Labute approximate surface area is 231 Å². The van der Waals surface area contributed by atoms with Crippen LogP contribution in [0.3, 0.4) is 0 Å². The molecule has 1 aliphatic heterocycles. The number of anilines is 2. The van der Waals surface area contributed by atoms with E-state index >= 15 is 0 Å². The third-order valence-corrected chi connectivity index (χ3v) is 6.18. The molecule has 1 atom stereocenters. The monoisotopic (exact) mass is 595 g/mol. The van der Waals surface area contributed by atoms with E-state index in [0.717, 1.165) is 18.5 Å². The lowest BCUT2D eigenvalue weighted by Crippen LogP contribution is -2.49. The maximum Gasteiger partial charge on any atom is 0.420 e. The van der Waals surface area contributed by atoms with E-state index < -0.39 is 23.4 Å². The fourth-order valence-corrected chi connectivity index (χ4v) is 4.74. The van der Waals surface area contributed by atoms with Gasteiger partial charge in [-0.25, -0.2) is 19.1 Å². The maximum absolute atomic E-state index is 13.1. The molecule has 38 heavy (non-hydrogen) atoms. The number of hydrogen-bond acceptors (Lipinski definition) is 8. The van der Waals surface area contributed by atoms with Crippen molar-refractivity contribution in [1.82, 2.24) is 14.9 Å². The molecule has 1 saturated heterocycles. The van der Waals surface area contributed by atoms with Crippen molar-refractivity contribution in [2.24, 2.45) is 0 Å². The van der Waals surface area contributed by atoms with Gasteiger partial charge in [0.1, 0.15) is 11.2 Å². The van der Waals surface area contributed by atoms with Gasteiger partial charge in [0.05, 0.1) is 34.3 Å². The number of aromatic nitrogens is 2. The third kappa shape index (κ3) is 7.83. The molecule has 0 spiro atoms. The molecule has 0 bridgehead atoms. The molecule has 2 amide bonds. The number of rotatable bonds is 6. The van der Waals surface area contributed by atoms with E-state index in [2.05, 4.69) is 36.4 Å². The number of methoxy groups -OCH3 is 1. The van der Waals surface area contributed by atoms with Gasteiger partial charge in [0, 0.05) is 38.6 Å². The van der Waals surface area contributed by atoms with Crippen molar-refractivity contribution >= 4 is 56.4 Å². The van der Waals surface area contributed by atoms with Crippen LogP contribution in [0.15, 0.2) is 16.9 Å². The van der Waals surface area contributed by atoms with E-state index in [0.29, 0.717) is 34.3 Å². The molecule has 1 aliphatic rings. The molecule has 12 heteroatoms. The number of hydrogen-bond donors (Lipinski definition) is 2. The minimum atomic E-state index is -0.721. The molecular weight excluding hydrogens is 558 g/mol. The van der Waals surface area contributed by atoms with Crippen LogP contribution in [0.25, 0.3) is 11.0 Å². The number of amides is 2. The molecule has 210 valence electrons. The summed E-state index contributed by atoms with van der Waals surface area (Å²) >= 11 is 3.63. The zero-order valence-electron chi connectivity index (χ0n) is 23.1. The van der Waals surface area contributed by atoms with Crippen LogP contribution in [0.1, 0.15) is 60.8 Å². The van der Waals surface area contributed by atoms with Gasteiger partial charge in [-0.1, -0.05) is 0 Å². The average Bonchev–Trinajstić information content (AvgIpc) is 3.13. The molecule has 3 heterocycles. The summed E-state index contributed by atoms with van der Waals surface area (Å²) in [5, 5.41) is 6.47. The average molecular weight is 597 g/mol. The van der Waals surface area contributed by atoms with Crippen molar-refractivity contribution < 1.29 is 28.6 Å². The highest BCUT2D eigenvalue weighted by atomic mass is 79.9. The largest absolute Gasteiger partial charge is 0.444 e. The zero-order valence-corrected chi connectivity index (χ0v) is 24.7. The summed E-state index contributed by atoms with van der Waals surface area (Å²) in [6, 6.07) is -0.151. The number of fused-ring (bicyclic) bond motifs is 1. The summed E-state index contributed by atoms with van der Waals surface area (Å²) in [5.41, 5.74) is 0.218. The molecule has 0 radical (unpaired) electrons. The highest BCUT2D eigenvalue weighted by Crippen LogP contribution is 2.40. The molecule has 0 aromatic carbocycles. The Morgan fingerprint density at radius 2 is 1.82 bits per heavy atom. The fraction of sp³-hybridized carbons (Fsp3) is 0.615. The molecule has 0 saturated carbocycles. The van der Waals surface area contributed by atoms with Gasteiger partial charge in [-0.2, -0.15) is 0 Å². The van der Waals surface area contributed by atoms with Gasteiger partial charge >= 0.3 is 12.2 Å². The van der Waals surface area contributed by atoms with E-state index in [1.165, 1.54) is 17.9 Å². The summed E-state index contributed by atoms with van der Waals surface area (Å²) in [7, 11) is 1.53. The lowest BCUT2D eigenvalue weighted by atomic mass is 10.0. The van der Waals surface area contributed by atoms with Gasteiger partial charge < -0.3 is 29.7 Å². The number of nitrogens with zero attached hydrogens (tertiary/aromatic N) is 3. The first kappa shape index (κ1) is 29.7. The van der Waals surface area contributed by atoms with Crippen molar-refractivity contribution in [1.29, 1.82) is 0 Å². The first-order chi connectivity index (χ1) is 17.7. The number of nitrogens with one attached hydrogen (secondary N) is 2. The van der Waals surface area contributed by atoms with E-state index in [1.54, 1.807) is 27.0 Å². The topological polar surface area (TPSA) is 124 Å². The SMILES string of the molecule is COCCC(=O)Nc1cn(C(=O)OC(C)(C)C)c2ncc(Br)c(N3CCC[C@@H](NC(=O)OC(C)(C)C)C3)c12. The lowest BCUT2D eigenvalue weighted by Gasteiger charge is -2.36. The van der Waals surface area contributed by atoms with Crippen molar-refractivity contribution in [2.75, 3.05) is 37.0 Å². The Kier molecular flexibility index (Phi) is 9.30. The van der Waals surface area contributed by atoms with Gasteiger partial charge in [0.2, 0.25) is 5.91 Å². The molecule has 3 rings (SSSR count). The normalized spacial score (nSPS) is 16.3. The van der Waals surface area contributed by atoms with Crippen LogP contribution in [0, 0.1) is 0 Å². The summed E-state index contributed by atoms with van der Waals surface area (Å²) < 4.78 is 18.1. The Hall–Kier alpha value is -2.86. The maximum atomic E-state index is 13.1. The smallest absolute Gasteiger partial charge is 0.420 e. The summed E-state index contributed by atoms with van der Waals surface area (Å²) in [6.45, 7) is 12.3. The van der Waals surface area contributed by atoms with E-state index in [4.69, 9.17) is 14.2 Å². The number of carbonyl (C=O) groups excluding carboxylic acids is 3. The van der Waals surface area contributed by atoms with E-state index in [-0.39, 0.29) is 25.0 Å². The zero-order chi connectivity index (χ0) is 28.3. The molecule has 2 aromatic rings. The number of carbonyl (C=O) groups is 3. The second-order valence-corrected chi connectivity index (χ2v) is 12.1. The summed E-state index contributed by atoms with van der Waals surface area (Å²) in [4.78, 5) is 44.8. The molecule has 0 unspecified atom stereocenters. The van der Waals surface area contributed by atoms with Crippen LogP contribution in [0.5, 0.6) is 0 Å². The molecule has 1 fully saturated rings. The van der Waals surface area contributed by atoms with Crippen LogP contribution in [-0.4, -0.2) is 71.7 Å². The van der Waals surface area contributed by atoms with E-state index in [9.17, 15) is 14.4 Å². The standard InChI is InChI=1S/C26H38BrN5O6/c1-25(2,3)37-23(34)29-16-9-8-11-31(14-16)21-17(27)13-28-22-20(21)18(30-19(33)10-12-36-7)15-32(22)24(35)38-26(4,5)6/h13,15-16H,8-12,14H2,1-7H3,(H,29,34)(H,30,33)/t16-/m1/s1. The number of ether oxygens (including phenoxy) is 3. The third-order valence-electron chi connectivity index (χ3n) is 5.60. The van der Waals surface area contributed by atoms with Gasteiger partial charge in [-0.05, 0) is 70.3 Å². The van der Waals surface area contributed by atoms with Crippen molar-refractivity contribution in [3.63, 3.8) is 0 Å². The van der Waals surface area contributed by atoms with Crippen molar-refractivity contribution in [2.45, 2.75) is 78.0 Å². The second kappa shape index (κ2) is 11.9. The molecule has 2 N–H and O–H groups in total. The van der Waals surface area contributed by atoms with Crippen LogP contribution in [0.2, 0.25) is 0 Å². The van der Waals surface area contributed by atoms with Gasteiger partial charge in [-0.15, -0.1) is 0 Å². The Balaban J connectivity index is 2.02. The van der Waals surface area contributed by atoms with Gasteiger partial charge in [-0.3, -0.25) is 4.79 Å². The highest BCUT2D eigenvalue weighted by molar-refractivity contribution is 9.10. The highest BCUT2D eigenvalue weighted by Gasteiger charge is 2.30. The van der Waals surface area contributed by atoms with Gasteiger partial charge in [0.15, 0.2) is 5.65 Å². The van der Waals surface area contributed by atoms with E-state index in [1.807, 2.05) is 20.8 Å². The minimum Gasteiger partial charge on any atom is -0.444 e. The number of piperidine rings is 1. The van der Waals surface area contributed by atoms with Crippen LogP contribution < -0.4 is 15.5 Å². The molecule has 0 aliphatic carbocycles. The predicted molar refractivity (Wildman–Crippen MR) is 149 cm³/mol. The predicted octanol–water partition coefficient (Wildman–Crippen LogP) is 5.05. The first-order valence-corrected chi connectivity index (χ1v) is 13.4. The Morgan fingerprint density at radius 1 is 1.13 bits per heavy atom. The molecular formula is C26H38BrN5O6. The Morgan fingerprint density at radius 3 is 2.45 bits per heavy atom. The minimum absolute atomic E-state index is 0.151. The number of halogens is 1. The summed E-state index contributed by atoms with van der Waals surface area (Å²) in [6.07, 6.45) is 3.85.